The molecule has 0 saturated carbocycles. The Bertz CT molecular complexity index is 912. The number of rotatable bonds is 5. The molecular formula is C19H15NO4S. The van der Waals surface area contributed by atoms with Crippen LogP contribution in [0.15, 0.2) is 54.6 Å². The van der Waals surface area contributed by atoms with E-state index in [1.54, 1.807) is 30.3 Å². The summed E-state index contributed by atoms with van der Waals surface area (Å²) in [6.07, 6.45) is 2.99. The van der Waals surface area contributed by atoms with Gasteiger partial charge >= 0.3 is 11.9 Å². The van der Waals surface area contributed by atoms with Gasteiger partial charge in [0.2, 0.25) is 0 Å². The molecule has 0 bridgehead atoms. The van der Waals surface area contributed by atoms with E-state index in [1.807, 2.05) is 24.3 Å². The van der Waals surface area contributed by atoms with Crippen molar-refractivity contribution in [1.82, 2.24) is 4.98 Å². The van der Waals surface area contributed by atoms with Crippen LogP contribution in [0.1, 0.15) is 20.9 Å². The first-order valence-corrected chi connectivity index (χ1v) is 8.35. The van der Waals surface area contributed by atoms with Crippen LogP contribution in [0.5, 0.6) is 0 Å². The summed E-state index contributed by atoms with van der Waals surface area (Å²) < 4.78 is 10.9. The molecule has 0 spiro atoms. The molecule has 3 aromatic rings. The number of para-hydroxylation sites is 1. The molecule has 5 nitrogen and oxygen atoms in total. The third kappa shape index (κ3) is 4.30. The van der Waals surface area contributed by atoms with E-state index in [4.69, 9.17) is 4.74 Å². The summed E-state index contributed by atoms with van der Waals surface area (Å²) in [6.45, 7) is 0.0772. The number of esters is 2. The van der Waals surface area contributed by atoms with Crippen molar-refractivity contribution in [1.29, 1.82) is 0 Å². The Balaban J connectivity index is 1.60. The second-order valence-corrected chi connectivity index (χ2v) is 6.22. The molecule has 3 rings (SSSR count). The first-order chi connectivity index (χ1) is 12.2. The average molecular weight is 353 g/mol. The van der Waals surface area contributed by atoms with Crippen molar-refractivity contribution in [3.8, 4) is 0 Å². The van der Waals surface area contributed by atoms with Crippen molar-refractivity contribution < 1.29 is 19.1 Å². The Morgan fingerprint density at radius 1 is 1.16 bits per heavy atom. The number of thiazole rings is 1. The summed E-state index contributed by atoms with van der Waals surface area (Å²) in [5, 5.41) is 0.742. The molecule has 0 radical (unpaired) electrons. The Kier molecular flexibility index (Phi) is 5.20. The smallest absolute Gasteiger partial charge is 0.337 e. The lowest BCUT2D eigenvalue weighted by molar-refractivity contribution is -0.138. The lowest BCUT2D eigenvalue weighted by Gasteiger charge is -2.04. The molecule has 1 heterocycles. The summed E-state index contributed by atoms with van der Waals surface area (Å²) in [5.74, 6) is -0.897. The van der Waals surface area contributed by atoms with Gasteiger partial charge in [0, 0.05) is 6.08 Å². The number of methoxy groups -OCH3 is 1. The monoisotopic (exact) mass is 353 g/mol. The number of benzene rings is 2. The lowest BCUT2D eigenvalue weighted by Crippen LogP contribution is -2.04. The predicted molar refractivity (Wildman–Crippen MR) is 96.2 cm³/mol. The highest BCUT2D eigenvalue weighted by Gasteiger charge is 2.07. The maximum absolute atomic E-state index is 11.9. The fraction of sp³-hybridized carbons (Fsp3) is 0.105. The molecule has 2 aromatic carbocycles. The second-order valence-electron chi connectivity index (χ2n) is 5.15. The number of hydrogen-bond donors (Lipinski definition) is 0. The van der Waals surface area contributed by atoms with Crippen molar-refractivity contribution in [2.75, 3.05) is 7.11 Å². The fourth-order valence-electron chi connectivity index (χ4n) is 2.21. The molecule has 0 aliphatic carbocycles. The summed E-state index contributed by atoms with van der Waals surface area (Å²) in [7, 11) is 1.32. The van der Waals surface area contributed by atoms with Gasteiger partial charge in [-0.05, 0) is 35.9 Å². The number of aromatic nitrogens is 1. The van der Waals surface area contributed by atoms with Crippen molar-refractivity contribution in [2.45, 2.75) is 6.61 Å². The zero-order chi connectivity index (χ0) is 17.6. The predicted octanol–water partition coefficient (Wildman–Crippen LogP) is 3.84. The van der Waals surface area contributed by atoms with E-state index >= 15 is 0 Å². The van der Waals surface area contributed by atoms with Crippen molar-refractivity contribution in [3.63, 3.8) is 0 Å². The van der Waals surface area contributed by atoms with E-state index in [2.05, 4.69) is 9.72 Å². The van der Waals surface area contributed by atoms with Crippen LogP contribution in [0.25, 0.3) is 16.3 Å². The van der Waals surface area contributed by atoms with Gasteiger partial charge in [0.15, 0.2) is 0 Å². The van der Waals surface area contributed by atoms with Crippen molar-refractivity contribution >= 4 is 39.6 Å². The molecule has 0 unspecified atom stereocenters. The highest BCUT2D eigenvalue weighted by Crippen LogP contribution is 2.22. The van der Waals surface area contributed by atoms with Gasteiger partial charge in [0.05, 0.1) is 22.9 Å². The summed E-state index contributed by atoms with van der Waals surface area (Å²) in [5.41, 5.74) is 2.03. The second kappa shape index (κ2) is 7.72. The van der Waals surface area contributed by atoms with Gasteiger partial charge in [0.1, 0.15) is 11.6 Å². The number of fused-ring (bicyclic) bond motifs is 1. The van der Waals surface area contributed by atoms with E-state index in [9.17, 15) is 9.59 Å². The topological polar surface area (TPSA) is 65.5 Å². The quantitative estimate of drug-likeness (QED) is 0.515. The molecule has 1 aromatic heterocycles. The molecule has 0 saturated heterocycles. The van der Waals surface area contributed by atoms with Crippen LogP contribution >= 0.6 is 11.3 Å². The van der Waals surface area contributed by atoms with Crippen molar-refractivity contribution in [2.24, 2.45) is 0 Å². The van der Waals surface area contributed by atoms with E-state index in [0.717, 1.165) is 15.2 Å². The van der Waals surface area contributed by atoms with E-state index in [0.29, 0.717) is 11.1 Å². The van der Waals surface area contributed by atoms with Gasteiger partial charge in [-0.2, -0.15) is 0 Å². The zero-order valence-corrected chi connectivity index (χ0v) is 14.3. The van der Waals surface area contributed by atoms with Crippen LogP contribution in [-0.2, 0) is 20.9 Å². The third-order valence-electron chi connectivity index (χ3n) is 3.40. The Labute approximate surface area is 148 Å². The van der Waals surface area contributed by atoms with Gasteiger partial charge in [-0.25, -0.2) is 14.6 Å². The molecular weight excluding hydrogens is 338 g/mol. The Morgan fingerprint density at radius 2 is 2.00 bits per heavy atom. The molecule has 0 N–H and O–H groups in total. The highest BCUT2D eigenvalue weighted by atomic mass is 32.1. The molecule has 126 valence electrons. The Hall–Kier alpha value is -2.99. The number of carbonyl (C=O) groups excluding carboxylic acids is 2. The van der Waals surface area contributed by atoms with Gasteiger partial charge in [-0.15, -0.1) is 11.3 Å². The maximum Gasteiger partial charge on any atom is 0.337 e. The highest BCUT2D eigenvalue weighted by molar-refractivity contribution is 7.19. The SMILES string of the molecule is COC(=O)c1cccc(COC(=O)/C=C/c2nc3ccccc3s2)c1. The first kappa shape index (κ1) is 16.9. The standard InChI is InChI=1S/C19H15NO4S/c1-23-19(22)14-6-4-5-13(11-14)12-24-18(21)10-9-17-20-15-7-2-3-8-16(15)25-17/h2-11H,12H2,1H3/b10-9+. The van der Waals surface area contributed by atoms with Gasteiger partial charge in [-0.1, -0.05) is 24.3 Å². The third-order valence-corrected chi connectivity index (χ3v) is 4.40. The van der Waals surface area contributed by atoms with Gasteiger partial charge in [-0.3, -0.25) is 0 Å². The maximum atomic E-state index is 11.9. The van der Waals surface area contributed by atoms with Crippen LogP contribution in [-0.4, -0.2) is 24.0 Å². The summed E-state index contributed by atoms with van der Waals surface area (Å²) in [6, 6.07) is 14.5. The van der Waals surface area contributed by atoms with Crippen LogP contribution in [0.3, 0.4) is 0 Å². The largest absolute Gasteiger partial charge is 0.465 e. The molecule has 0 fully saturated rings. The molecule has 0 atom stereocenters. The number of ether oxygens (including phenoxy) is 2. The lowest BCUT2D eigenvalue weighted by atomic mass is 10.1. The summed E-state index contributed by atoms with van der Waals surface area (Å²) >= 11 is 1.50. The number of hydrogen-bond acceptors (Lipinski definition) is 6. The minimum absolute atomic E-state index is 0.0772. The van der Waals surface area contributed by atoms with E-state index in [-0.39, 0.29) is 6.61 Å². The molecule has 0 aliphatic rings. The summed E-state index contributed by atoms with van der Waals surface area (Å²) in [4.78, 5) is 27.8. The van der Waals surface area contributed by atoms with Crippen LogP contribution in [0.2, 0.25) is 0 Å². The number of carbonyl (C=O) groups is 2. The normalized spacial score (nSPS) is 10.9. The van der Waals surface area contributed by atoms with E-state index < -0.39 is 11.9 Å². The fourth-order valence-corrected chi connectivity index (χ4v) is 3.08. The average Bonchev–Trinajstić information content (AvgIpc) is 3.07. The van der Waals surface area contributed by atoms with Gasteiger partial charge in [0.25, 0.3) is 0 Å². The minimum atomic E-state index is -0.470. The zero-order valence-electron chi connectivity index (χ0n) is 13.5. The molecule has 0 amide bonds. The Morgan fingerprint density at radius 3 is 2.80 bits per heavy atom. The van der Waals surface area contributed by atoms with Crippen LogP contribution < -0.4 is 0 Å². The molecule has 6 heteroatoms. The number of nitrogens with zero attached hydrogens (tertiary/aromatic N) is 1. The first-order valence-electron chi connectivity index (χ1n) is 7.53. The van der Waals surface area contributed by atoms with Crippen molar-refractivity contribution in [3.05, 3.63) is 70.7 Å². The van der Waals surface area contributed by atoms with Gasteiger partial charge < -0.3 is 9.47 Å². The van der Waals surface area contributed by atoms with Crippen LogP contribution in [0.4, 0.5) is 0 Å². The van der Waals surface area contributed by atoms with E-state index in [1.165, 1.54) is 24.5 Å². The molecule has 0 aliphatic heterocycles. The van der Waals surface area contributed by atoms with Crippen LogP contribution in [0, 0.1) is 0 Å². The molecule has 25 heavy (non-hydrogen) atoms. The minimum Gasteiger partial charge on any atom is -0.465 e.